The lowest BCUT2D eigenvalue weighted by Gasteiger charge is -2.27. The first-order chi connectivity index (χ1) is 13.4. The molecule has 2 heterocycles. The van der Waals surface area contributed by atoms with Gasteiger partial charge in [-0.05, 0) is 25.0 Å². The Hall–Kier alpha value is -2.68. The zero-order valence-electron chi connectivity index (χ0n) is 15.5. The highest BCUT2D eigenvalue weighted by Gasteiger charge is 2.34. The van der Waals surface area contributed by atoms with Gasteiger partial charge in [0.15, 0.2) is 22.0 Å². The number of hydrogen-bond acceptors (Lipinski definition) is 7. The van der Waals surface area contributed by atoms with Crippen molar-refractivity contribution in [1.82, 2.24) is 9.88 Å². The number of carbonyl (C=O) groups is 2. The first-order valence-corrected chi connectivity index (χ1v) is 10.9. The molecule has 0 radical (unpaired) electrons. The Morgan fingerprint density at radius 2 is 2.14 bits per heavy atom. The molecule has 0 bridgehead atoms. The molecule has 0 unspecified atom stereocenters. The fourth-order valence-corrected chi connectivity index (χ4v) is 4.87. The largest absolute Gasteiger partial charge is 0.452 e. The molecule has 9 heteroatoms. The number of nitrogens with zero attached hydrogens (tertiary/aromatic N) is 2. The summed E-state index contributed by atoms with van der Waals surface area (Å²) in [4.78, 5) is 30.0. The quantitative estimate of drug-likeness (QED) is 0.510. The Morgan fingerprint density at radius 3 is 2.82 bits per heavy atom. The van der Waals surface area contributed by atoms with E-state index in [0.717, 1.165) is 6.08 Å². The second-order valence-electron chi connectivity index (χ2n) is 6.60. The number of hydrogen-bond donors (Lipinski definition) is 0. The van der Waals surface area contributed by atoms with Gasteiger partial charge in [-0.25, -0.2) is 18.2 Å². The van der Waals surface area contributed by atoms with Crippen molar-refractivity contribution in [2.45, 2.75) is 25.8 Å². The molecule has 0 saturated carbocycles. The van der Waals surface area contributed by atoms with Crippen LogP contribution in [0.1, 0.15) is 25.7 Å². The van der Waals surface area contributed by atoms with E-state index in [1.54, 1.807) is 12.1 Å². The Kier molecular flexibility index (Phi) is 6.13. The monoisotopic (exact) mass is 406 g/mol. The molecule has 1 fully saturated rings. The number of sulfone groups is 1. The van der Waals surface area contributed by atoms with E-state index in [9.17, 15) is 18.0 Å². The van der Waals surface area contributed by atoms with Gasteiger partial charge in [0, 0.05) is 24.7 Å². The van der Waals surface area contributed by atoms with Gasteiger partial charge in [0.05, 0.1) is 11.5 Å². The Bertz CT molecular complexity index is 962. The van der Waals surface area contributed by atoms with Crippen molar-refractivity contribution in [3.05, 3.63) is 36.2 Å². The molecule has 1 amide bonds. The maximum Gasteiger partial charge on any atom is 0.331 e. The van der Waals surface area contributed by atoms with Crippen LogP contribution < -0.4 is 0 Å². The lowest BCUT2D eigenvalue weighted by atomic mass is 10.2. The zero-order valence-corrected chi connectivity index (χ0v) is 16.4. The van der Waals surface area contributed by atoms with Crippen LogP contribution in [0.25, 0.3) is 17.2 Å². The second-order valence-corrected chi connectivity index (χ2v) is 8.83. The molecule has 1 atom stereocenters. The van der Waals surface area contributed by atoms with Crippen LogP contribution in [0.15, 0.2) is 34.8 Å². The topological polar surface area (TPSA) is 107 Å². The molecule has 1 aliphatic heterocycles. The highest BCUT2D eigenvalue weighted by molar-refractivity contribution is 7.91. The first kappa shape index (κ1) is 20.1. The molecule has 28 heavy (non-hydrogen) atoms. The van der Waals surface area contributed by atoms with Crippen LogP contribution in [-0.2, 0) is 24.2 Å². The molecule has 0 aliphatic carbocycles. The predicted octanol–water partition coefficient (Wildman–Crippen LogP) is 1.81. The molecule has 0 N–H and O–H groups in total. The Balaban J connectivity index is 1.55. The van der Waals surface area contributed by atoms with Crippen LogP contribution in [-0.4, -0.2) is 60.9 Å². The average Bonchev–Trinajstić information content (AvgIpc) is 3.24. The molecule has 2 aromatic rings. The molecule has 1 saturated heterocycles. The highest BCUT2D eigenvalue weighted by atomic mass is 32.2. The number of para-hydroxylation sites is 2. The normalized spacial score (nSPS) is 18.5. The number of oxazole rings is 1. The Morgan fingerprint density at radius 1 is 1.36 bits per heavy atom. The minimum atomic E-state index is -3.10. The van der Waals surface area contributed by atoms with Gasteiger partial charge in [-0.2, -0.15) is 0 Å². The fraction of sp³-hybridized carbons (Fsp3) is 0.421. The van der Waals surface area contributed by atoms with Crippen LogP contribution in [0.3, 0.4) is 0 Å². The van der Waals surface area contributed by atoms with Gasteiger partial charge in [0.1, 0.15) is 5.52 Å². The number of ether oxygens (including phenoxy) is 1. The Labute approximate surface area is 163 Å². The second kappa shape index (κ2) is 8.55. The summed E-state index contributed by atoms with van der Waals surface area (Å²) in [5.41, 5.74) is 1.28. The summed E-state index contributed by atoms with van der Waals surface area (Å²) in [6, 6.07) is 6.85. The SMILES string of the molecule is CCCN(C(=O)COC(=O)/C=C/c1nc2ccccc2o1)[C@H]1CCS(=O)(=O)C1. The van der Waals surface area contributed by atoms with E-state index < -0.39 is 28.3 Å². The molecule has 3 rings (SSSR count). The van der Waals surface area contributed by atoms with Crippen molar-refractivity contribution < 1.29 is 27.2 Å². The van der Waals surface area contributed by atoms with Crippen molar-refractivity contribution in [2.24, 2.45) is 0 Å². The summed E-state index contributed by atoms with van der Waals surface area (Å²) >= 11 is 0. The predicted molar refractivity (Wildman–Crippen MR) is 103 cm³/mol. The van der Waals surface area contributed by atoms with Gasteiger partial charge in [-0.15, -0.1) is 0 Å². The molecule has 1 aliphatic rings. The number of benzene rings is 1. The minimum absolute atomic E-state index is 0.0374. The number of fused-ring (bicyclic) bond motifs is 1. The molecule has 1 aromatic heterocycles. The maximum atomic E-state index is 12.4. The highest BCUT2D eigenvalue weighted by Crippen LogP contribution is 2.18. The number of aromatic nitrogens is 1. The van der Waals surface area contributed by atoms with Gasteiger partial charge in [-0.1, -0.05) is 19.1 Å². The number of carbonyl (C=O) groups excluding carboxylic acids is 2. The van der Waals surface area contributed by atoms with Crippen molar-refractivity contribution in [1.29, 1.82) is 0 Å². The third-order valence-electron chi connectivity index (χ3n) is 4.44. The summed E-state index contributed by atoms with van der Waals surface area (Å²) in [5, 5.41) is 0. The minimum Gasteiger partial charge on any atom is -0.452 e. The van der Waals surface area contributed by atoms with E-state index in [2.05, 4.69) is 4.98 Å². The van der Waals surface area contributed by atoms with Crippen molar-refractivity contribution in [3.8, 4) is 0 Å². The summed E-state index contributed by atoms with van der Waals surface area (Å²) < 4.78 is 33.8. The van der Waals surface area contributed by atoms with Gasteiger partial charge >= 0.3 is 5.97 Å². The molecular weight excluding hydrogens is 384 g/mol. The van der Waals surface area contributed by atoms with Crippen molar-refractivity contribution in [3.63, 3.8) is 0 Å². The smallest absolute Gasteiger partial charge is 0.331 e. The zero-order chi connectivity index (χ0) is 20.1. The number of amides is 1. The van der Waals surface area contributed by atoms with Crippen molar-refractivity contribution >= 4 is 38.9 Å². The van der Waals surface area contributed by atoms with Gasteiger partial charge in [0.2, 0.25) is 5.89 Å². The lowest BCUT2D eigenvalue weighted by Crippen LogP contribution is -2.43. The van der Waals surface area contributed by atoms with Crippen LogP contribution in [0.4, 0.5) is 0 Å². The molecule has 8 nitrogen and oxygen atoms in total. The van der Waals surface area contributed by atoms with E-state index in [4.69, 9.17) is 9.15 Å². The van der Waals surface area contributed by atoms with Gasteiger partial charge < -0.3 is 14.1 Å². The van der Waals surface area contributed by atoms with Gasteiger partial charge in [-0.3, -0.25) is 4.79 Å². The molecule has 1 aromatic carbocycles. The standard InChI is InChI=1S/C19H22N2O6S/c1-2-10-21(14-9-11-28(24,25)13-14)18(22)12-26-19(23)8-7-17-20-15-5-3-4-6-16(15)27-17/h3-8,14H,2,9-13H2,1H3/b8-7+/t14-/m0/s1. The van der Waals surface area contributed by atoms with Crippen LogP contribution in [0, 0.1) is 0 Å². The average molecular weight is 406 g/mol. The van der Waals surface area contributed by atoms with Gasteiger partial charge in [0.25, 0.3) is 5.91 Å². The third kappa shape index (κ3) is 4.98. The van der Waals surface area contributed by atoms with Crippen LogP contribution in [0.5, 0.6) is 0 Å². The number of esters is 1. The summed E-state index contributed by atoms with van der Waals surface area (Å²) in [5.74, 6) is -0.797. The van der Waals surface area contributed by atoms with E-state index in [1.807, 2.05) is 19.1 Å². The molecule has 0 spiro atoms. The van der Waals surface area contributed by atoms with Crippen LogP contribution in [0.2, 0.25) is 0 Å². The van der Waals surface area contributed by atoms with E-state index >= 15 is 0 Å². The number of rotatable bonds is 7. The van der Waals surface area contributed by atoms with E-state index in [-0.39, 0.29) is 23.4 Å². The van der Waals surface area contributed by atoms with E-state index in [1.165, 1.54) is 11.0 Å². The van der Waals surface area contributed by atoms with Crippen molar-refractivity contribution in [2.75, 3.05) is 24.7 Å². The molecular formula is C19H22N2O6S. The fourth-order valence-electron chi connectivity index (χ4n) is 3.14. The van der Waals surface area contributed by atoms with E-state index in [0.29, 0.717) is 30.5 Å². The molecule has 150 valence electrons. The first-order valence-electron chi connectivity index (χ1n) is 9.08. The summed E-state index contributed by atoms with van der Waals surface area (Å²) in [7, 11) is -3.10. The maximum absolute atomic E-state index is 12.4. The lowest BCUT2D eigenvalue weighted by molar-refractivity contribution is -0.149. The summed E-state index contributed by atoms with van der Waals surface area (Å²) in [6.07, 6.45) is 3.62. The third-order valence-corrected chi connectivity index (χ3v) is 6.19. The summed E-state index contributed by atoms with van der Waals surface area (Å²) in [6.45, 7) is 1.89. The van der Waals surface area contributed by atoms with Crippen LogP contribution >= 0.6 is 0 Å².